The lowest BCUT2D eigenvalue weighted by atomic mass is 9.99. The van der Waals surface area contributed by atoms with Crippen LogP contribution in [0.15, 0.2) is 0 Å². The van der Waals surface area contributed by atoms with E-state index in [2.05, 4.69) is 34.6 Å². The van der Waals surface area contributed by atoms with Gasteiger partial charge in [0.25, 0.3) is 0 Å². The first-order valence-corrected chi connectivity index (χ1v) is 30.3. The van der Waals surface area contributed by atoms with Gasteiger partial charge >= 0.3 is 17.9 Å². The van der Waals surface area contributed by atoms with Crippen molar-refractivity contribution in [3.8, 4) is 0 Å². The van der Waals surface area contributed by atoms with Crippen molar-refractivity contribution < 1.29 is 28.6 Å². The number of rotatable bonds is 55. The van der Waals surface area contributed by atoms with Crippen molar-refractivity contribution in [2.24, 2.45) is 11.8 Å². The zero-order valence-electron chi connectivity index (χ0n) is 46.0. The monoisotopic (exact) mass is 947 g/mol. The Morgan fingerprint density at radius 3 is 0.776 bits per heavy atom. The molecule has 0 aliphatic carbocycles. The highest BCUT2D eigenvalue weighted by Gasteiger charge is 2.19. The van der Waals surface area contributed by atoms with Gasteiger partial charge in [-0.1, -0.05) is 304 Å². The summed E-state index contributed by atoms with van der Waals surface area (Å²) in [6.45, 7) is 11.5. The van der Waals surface area contributed by atoms with Crippen molar-refractivity contribution in [2.45, 2.75) is 349 Å². The molecule has 0 aromatic rings. The number of carbonyl (C=O) groups is 3. The molecule has 0 radical (unpaired) electrons. The molecule has 0 aliphatic rings. The van der Waals surface area contributed by atoms with Gasteiger partial charge in [0.05, 0.1) is 0 Å². The van der Waals surface area contributed by atoms with E-state index in [4.69, 9.17) is 14.2 Å². The molecule has 0 fully saturated rings. The minimum Gasteiger partial charge on any atom is -0.462 e. The van der Waals surface area contributed by atoms with E-state index in [9.17, 15) is 14.4 Å². The molecule has 0 amide bonds. The van der Waals surface area contributed by atoms with Crippen LogP contribution in [-0.4, -0.2) is 37.2 Å². The summed E-state index contributed by atoms with van der Waals surface area (Å²) in [6, 6.07) is 0. The normalized spacial score (nSPS) is 12.9. The van der Waals surface area contributed by atoms with Gasteiger partial charge < -0.3 is 14.2 Å². The van der Waals surface area contributed by atoms with Crippen LogP contribution in [0.4, 0.5) is 0 Å². The Labute approximate surface area is 418 Å². The number of carbonyl (C=O) groups excluding carboxylic acids is 3. The molecule has 0 heterocycles. The van der Waals surface area contributed by atoms with Crippen LogP contribution in [0.25, 0.3) is 0 Å². The van der Waals surface area contributed by atoms with Crippen molar-refractivity contribution >= 4 is 17.9 Å². The summed E-state index contributed by atoms with van der Waals surface area (Å²) in [5.74, 6) is 0.928. The van der Waals surface area contributed by atoms with Gasteiger partial charge in [0.2, 0.25) is 0 Å². The first-order valence-electron chi connectivity index (χ1n) is 30.3. The molecule has 0 saturated carbocycles. The molecular weight excluding hydrogens is 829 g/mol. The topological polar surface area (TPSA) is 78.9 Å². The molecule has 3 atom stereocenters. The SMILES string of the molecule is CCCCCCCCCCCCCCCCCCCC(=O)OC[C@H](COC(=O)CCCCCCCCCCCCC(C)CC)OC(=O)CCCCCCCCCCCCCCCCC(C)CC. The lowest BCUT2D eigenvalue weighted by Crippen LogP contribution is -2.30. The standard InChI is InChI=1S/C61H118O6/c1-6-9-10-11-12-13-14-15-16-17-18-22-25-31-36-41-46-51-59(62)65-54-58(55-66-60(63)52-47-42-37-32-28-27-30-35-40-45-50-57(5)8-3)67-61(64)53-48-43-38-33-26-23-20-19-21-24-29-34-39-44-49-56(4)7-2/h56-58H,6-55H2,1-5H3/t56?,57?,58-/m1/s1. The predicted molar refractivity (Wildman–Crippen MR) is 289 cm³/mol. The van der Waals surface area contributed by atoms with Crippen LogP contribution in [-0.2, 0) is 28.6 Å². The molecule has 6 nitrogen and oxygen atoms in total. The molecule has 0 bridgehead atoms. The van der Waals surface area contributed by atoms with E-state index in [1.54, 1.807) is 0 Å². The van der Waals surface area contributed by atoms with Gasteiger partial charge in [0.15, 0.2) is 6.10 Å². The van der Waals surface area contributed by atoms with E-state index in [0.29, 0.717) is 19.3 Å². The minimum atomic E-state index is -0.763. The van der Waals surface area contributed by atoms with Gasteiger partial charge in [-0.3, -0.25) is 14.4 Å². The molecule has 0 N–H and O–H groups in total. The van der Waals surface area contributed by atoms with Gasteiger partial charge in [-0.2, -0.15) is 0 Å². The fourth-order valence-electron chi connectivity index (χ4n) is 9.34. The Bertz CT molecular complexity index is 1030. The molecule has 67 heavy (non-hydrogen) atoms. The predicted octanol–water partition coefficient (Wildman–Crippen LogP) is 20.0. The Balaban J connectivity index is 4.30. The summed E-state index contributed by atoms with van der Waals surface area (Å²) in [4.78, 5) is 38.2. The second-order valence-electron chi connectivity index (χ2n) is 21.5. The number of esters is 3. The van der Waals surface area contributed by atoms with Crippen molar-refractivity contribution in [1.82, 2.24) is 0 Å². The first-order chi connectivity index (χ1) is 32.8. The third-order valence-corrected chi connectivity index (χ3v) is 14.7. The summed E-state index contributed by atoms with van der Waals surface area (Å²) < 4.78 is 16.9. The van der Waals surface area contributed by atoms with Crippen molar-refractivity contribution in [3.63, 3.8) is 0 Å². The summed E-state index contributed by atoms with van der Waals surface area (Å²) in [5, 5.41) is 0. The van der Waals surface area contributed by atoms with Crippen molar-refractivity contribution in [3.05, 3.63) is 0 Å². The summed E-state index contributed by atoms with van der Waals surface area (Å²) in [7, 11) is 0. The van der Waals surface area contributed by atoms with E-state index in [1.165, 1.54) is 231 Å². The van der Waals surface area contributed by atoms with E-state index >= 15 is 0 Å². The zero-order chi connectivity index (χ0) is 48.9. The Kier molecular flexibility index (Phi) is 52.5. The van der Waals surface area contributed by atoms with Crippen LogP contribution < -0.4 is 0 Å². The molecule has 0 aromatic heterocycles. The van der Waals surface area contributed by atoms with Gasteiger partial charge in [0, 0.05) is 19.3 Å². The van der Waals surface area contributed by atoms with Gasteiger partial charge in [-0.25, -0.2) is 0 Å². The van der Waals surface area contributed by atoms with Crippen LogP contribution in [0.3, 0.4) is 0 Å². The Morgan fingerprint density at radius 1 is 0.299 bits per heavy atom. The highest BCUT2D eigenvalue weighted by atomic mass is 16.6. The smallest absolute Gasteiger partial charge is 0.306 e. The lowest BCUT2D eigenvalue weighted by molar-refractivity contribution is -0.167. The third kappa shape index (κ3) is 52.1. The zero-order valence-corrected chi connectivity index (χ0v) is 46.0. The quantitative estimate of drug-likeness (QED) is 0.0343. The minimum absolute atomic E-state index is 0.0624. The van der Waals surface area contributed by atoms with Gasteiger partial charge in [-0.15, -0.1) is 0 Å². The fraction of sp³-hybridized carbons (Fsp3) is 0.951. The third-order valence-electron chi connectivity index (χ3n) is 14.7. The highest BCUT2D eigenvalue weighted by Crippen LogP contribution is 2.19. The van der Waals surface area contributed by atoms with Crippen LogP contribution in [0.2, 0.25) is 0 Å². The number of unbranched alkanes of at least 4 members (excludes halogenated alkanes) is 38. The van der Waals surface area contributed by atoms with Gasteiger partial charge in [-0.05, 0) is 31.1 Å². The summed E-state index contributed by atoms with van der Waals surface area (Å²) in [6.07, 6.45) is 57.9. The average Bonchev–Trinajstić information content (AvgIpc) is 3.33. The Morgan fingerprint density at radius 2 is 0.522 bits per heavy atom. The maximum atomic E-state index is 12.9. The molecule has 0 spiro atoms. The molecule has 6 heteroatoms. The molecule has 0 saturated heterocycles. The Hall–Kier alpha value is -1.59. The second kappa shape index (κ2) is 53.8. The number of ether oxygens (including phenoxy) is 3. The summed E-state index contributed by atoms with van der Waals surface area (Å²) in [5.41, 5.74) is 0. The van der Waals surface area contributed by atoms with Gasteiger partial charge in [0.1, 0.15) is 13.2 Å². The average molecular weight is 948 g/mol. The lowest BCUT2D eigenvalue weighted by Gasteiger charge is -2.18. The number of hydrogen-bond acceptors (Lipinski definition) is 6. The maximum Gasteiger partial charge on any atom is 0.306 e. The highest BCUT2D eigenvalue weighted by molar-refractivity contribution is 5.71. The van der Waals surface area contributed by atoms with Crippen LogP contribution in [0.5, 0.6) is 0 Å². The number of hydrogen-bond donors (Lipinski definition) is 0. The van der Waals surface area contributed by atoms with Crippen LogP contribution >= 0.6 is 0 Å². The molecule has 0 aromatic carbocycles. The first kappa shape index (κ1) is 65.4. The molecular formula is C61H118O6. The molecule has 0 aliphatic heterocycles. The largest absolute Gasteiger partial charge is 0.462 e. The van der Waals surface area contributed by atoms with E-state index in [-0.39, 0.29) is 31.1 Å². The van der Waals surface area contributed by atoms with Crippen LogP contribution in [0.1, 0.15) is 343 Å². The van der Waals surface area contributed by atoms with E-state index in [0.717, 1.165) is 69.6 Å². The summed E-state index contributed by atoms with van der Waals surface area (Å²) >= 11 is 0. The van der Waals surface area contributed by atoms with Crippen molar-refractivity contribution in [1.29, 1.82) is 0 Å². The van der Waals surface area contributed by atoms with E-state index in [1.807, 2.05) is 0 Å². The molecule has 0 rings (SSSR count). The maximum absolute atomic E-state index is 12.9. The molecule has 2 unspecified atom stereocenters. The van der Waals surface area contributed by atoms with Crippen molar-refractivity contribution in [2.75, 3.05) is 13.2 Å². The second-order valence-corrected chi connectivity index (χ2v) is 21.5. The molecule has 398 valence electrons. The van der Waals surface area contributed by atoms with Crippen LogP contribution in [0, 0.1) is 11.8 Å². The van der Waals surface area contributed by atoms with E-state index < -0.39 is 6.10 Å². The fourth-order valence-corrected chi connectivity index (χ4v) is 9.34.